The zero-order valence-electron chi connectivity index (χ0n) is 6.79. The first-order chi connectivity index (χ1) is 5.29. The van der Waals surface area contributed by atoms with Crippen LogP contribution in [0.3, 0.4) is 0 Å². The van der Waals surface area contributed by atoms with Crippen LogP contribution < -0.4 is 4.74 Å². The van der Waals surface area contributed by atoms with Gasteiger partial charge in [0.05, 0.1) is 13.3 Å². The highest BCUT2D eigenvalue weighted by molar-refractivity contribution is 5.53. The van der Waals surface area contributed by atoms with Gasteiger partial charge in [0.25, 0.3) is 0 Å². The lowest BCUT2D eigenvalue weighted by molar-refractivity contribution is 0.409. The van der Waals surface area contributed by atoms with Gasteiger partial charge in [-0.05, 0) is 12.5 Å². The van der Waals surface area contributed by atoms with Crippen molar-refractivity contribution in [2.45, 2.75) is 6.92 Å². The van der Waals surface area contributed by atoms with Crippen molar-refractivity contribution in [1.29, 1.82) is 0 Å². The van der Waals surface area contributed by atoms with Crippen LogP contribution in [0.15, 0.2) is 19.0 Å². The lowest BCUT2D eigenvalue weighted by atomic mass is 10.1. The Balaban J connectivity index is 3.20. The maximum atomic E-state index is 5.08. The molecule has 2 heteroatoms. The molecule has 0 radical (unpaired) electrons. The SMILES string of the molecule is C=Cc1cncc(OC)c1C. The van der Waals surface area contributed by atoms with E-state index >= 15 is 0 Å². The number of rotatable bonds is 2. The van der Waals surface area contributed by atoms with Crippen molar-refractivity contribution in [3.05, 3.63) is 30.1 Å². The fourth-order valence-corrected chi connectivity index (χ4v) is 0.933. The molecule has 0 aliphatic heterocycles. The van der Waals surface area contributed by atoms with Gasteiger partial charge in [-0.1, -0.05) is 12.7 Å². The number of hydrogen-bond acceptors (Lipinski definition) is 2. The number of ether oxygens (including phenoxy) is 1. The third-order valence-electron chi connectivity index (χ3n) is 1.65. The maximum Gasteiger partial charge on any atom is 0.140 e. The monoisotopic (exact) mass is 149 g/mol. The molecule has 0 atom stereocenters. The van der Waals surface area contributed by atoms with E-state index < -0.39 is 0 Å². The van der Waals surface area contributed by atoms with Gasteiger partial charge in [0, 0.05) is 11.8 Å². The molecular weight excluding hydrogens is 138 g/mol. The highest BCUT2D eigenvalue weighted by Gasteiger charge is 2.00. The largest absolute Gasteiger partial charge is 0.495 e. The molecule has 0 aromatic carbocycles. The molecular formula is C9H11NO. The Morgan fingerprint density at radius 1 is 1.55 bits per heavy atom. The Labute approximate surface area is 66.5 Å². The molecule has 0 saturated carbocycles. The van der Waals surface area contributed by atoms with Gasteiger partial charge in [0.15, 0.2) is 0 Å². The second kappa shape index (κ2) is 3.19. The van der Waals surface area contributed by atoms with Crippen molar-refractivity contribution in [2.75, 3.05) is 7.11 Å². The van der Waals surface area contributed by atoms with Crippen LogP contribution in [0, 0.1) is 6.92 Å². The van der Waals surface area contributed by atoms with E-state index in [1.807, 2.05) is 6.92 Å². The Kier molecular flexibility index (Phi) is 2.26. The normalized spacial score (nSPS) is 9.27. The molecule has 1 aromatic rings. The van der Waals surface area contributed by atoms with Gasteiger partial charge < -0.3 is 4.74 Å². The van der Waals surface area contributed by atoms with Crippen LogP contribution in [0.1, 0.15) is 11.1 Å². The molecule has 0 fully saturated rings. The first kappa shape index (κ1) is 7.79. The van der Waals surface area contributed by atoms with Gasteiger partial charge in [-0.3, -0.25) is 4.98 Å². The lowest BCUT2D eigenvalue weighted by Crippen LogP contribution is -1.90. The summed E-state index contributed by atoms with van der Waals surface area (Å²) in [5.41, 5.74) is 2.10. The van der Waals surface area contributed by atoms with Crippen molar-refractivity contribution in [3.63, 3.8) is 0 Å². The quantitative estimate of drug-likeness (QED) is 0.642. The molecule has 0 aliphatic rings. The second-order valence-electron chi connectivity index (χ2n) is 2.26. The van der Waals surface area contributed by atoms with E-state index in [0.29, 0.717) is 0 Å². The summed E-state index contributed by atoms with van der Waals surface area (Å²) in [4.78, 5) is 3.99. The van der Waals surface area contributed by atoms with Crippen molar-refractivity contribution < 1.29 is 4.74 Å². The van der Waals surface area contributed by atoms with E-state index in [4.69, 9.17) is 4.74 Å². The zero-order chi connectivity index (χ0) is 8.27. The van der Waals surface area contributed by atoms with Crippen LogP contribution in [-0.4, -0.2) is 12.1 Å². The topological polar surface area (TPSA) is 22.1 Å². The zero-order valence-corrected chi connectivity index (χ0v) is 6.79. The van der Waals surface area contributed by atoms with Crippen LogP contribution in [0.2, 0.25) is 0 Å². The first-order valence-corrected chi connectivity index (χ1v) is 3.40. The summed E-state index contributed by atoms with van der Waals surface area (Å²) in [6.45, 7) is 5.66. The predicted octanol–water partition coefficient (Wildman–Crippen LogP) is 2.04. The molecule has 1 aromatic heterocycles. The van der Waals surface area contributed by atoms with Crippen molar-refractivity contribution in [1.82, 2.24) is 4.98 Å². The molecule has 0 saturated heterocycles. The smallest absolute Gasteiger partial charge is 0.140 e. The first-order valence-electron chi connectivity index (χ1n) is 3.40. The van der Waals surface area contributed by atoms with Crippen LogP contribution in [0.25, 0.3) is 6.08 Å². The Hall–Kier alpha value is -1.31. The van der Waals surface area contributed by atoms with Crippen LogP contribution in [0.5, 0.6) is 5.75 Å². The Bertz CT molecular complexity index is 268. The standard InChI is InChI=1S/C9H11NO/c1-4-8-5-10-6-9(11-3)7(8)2/h4-6H,1H2,2-3H3. The second-order valence-corrected chi connectivity index (χ2v) is 2.26. The van der Waals surface area contributed by atoms with Gasteiger partial charge in [-0.15, -0.1) is 0 Å². The molecule has 0 amide bonds. The average Bonchev–Trinajstić information content (AvgIpc) is 2.05. The third-order valence-corrected chi connectivity index (χ3v) is 1.65. The van der Waals surface area contributed by atoms with E-state index in [2.05, 4.69) is 11.6 Å². The highest BCUT2D eigenvalue weighted by atomic mass is 16.5. The summed E-state index contributed by atoms with van der Waals surface area (Å²) < 4.78 is 5.08. The lowest BCUT2D eigenvalue weighted by Gasteiger charge is -2.04. The summed E-state index contributed by atoms with van der Waals surface area (Å²) in [7, 11) is 1.64. The van der Waals surface area contributed by atoms with E-state index in [0.717, 1.165) is 16.9 Å². The number of aromatic nitrogens is 1. The van der Waals surface area contributed by atoms with Crippen molar-refractivity contribution >= 4 is 6.08 Å². The van der Waals surface area contributed by atoms with Gasteiger partial charge in [-0.25, -0.2) is 0 Å². The summed E-state index contributed by atoms with van der Waals surface area (Å²) >= 11 is 0. The number of hydrogen-bond donors (Lipinski definition) is 0. The number of nitrogens with zero attached hydrogens (tertiary/aromatic N) is 1. The minimum Gasteiger partial charge on any atom is -0.495 e. The number of methoxy groups -OCH3 is 1. The van der Waals surface area contributed by atoms with Gasteiger partial charge >= 0.3 is 0 Å². The molecule has 58 valence electrons. The molecule has 0 aliphatic carbocycles. The molecule has 1 heterocycles. The van der Waals surface area contributed by atoms with Crippen molar-refractivity contribution in [3.8, 4) is 5.75 Å². The summed E-state index contributed by atoms with van der Waals surface area (Å²) in [5.74, 6) is 0.808. The molecule has 0 unspecified atom stereocenters. The minimum atomic E-state index is 0.808. The molecule has 0 bridgehead atoms. The summed E-state index contributed by atoms with van der Waals surface area (Å²) in [6.07, 6.45) is 5.23. The summed E-state index contributed by atoms with van der Waals surface area (Å²) in [5, 5.41) is 0. The van der Waals surface area contributed by atoms with Gasteiger partial charge in [0.1, 0.15) is 5.75 Å². The molecule has 1 rings (SSSR count). The minimum absolute atomic E-state index is 0.808. The molecule has 0 spiro atoms. The fraction of sp³-hybridized carbons (Fsp3) is 0.222. The Morgan fingerprint density at radius 2 is 2.27 bits per heavy atom. The maximum absolute atomic E-state index is 5.08. The van der Waals surface area contributed by atoms with E-state index in [1.54, 1.807) is 25.6 Å². The van der Waals surface area contributed by atoms with E-state index in [1.165, 1.54) is 0 Å². The molecule has 11 heavy (non-hydrogen) atoms. The fourth-order valence-electron chi connectivity index (χ4n) is 0.933. The highest BCUT2D eigenvalue weighted by Crippen LogP contribution is 2.19. The van der Waals surface area contributed by atoms with Gasteiger partial charge in [0.2, 0.25) is 0 Å². The van der Waals surface area contributed by atoms with E-state index in [9.17, 15) is 0 Å². The third kappa shape index (κ3) is 1.40. The molecule has 2 nitrogen and oxygen atoms in total. The van der Waals surface area contributed by atoms with Crippen LogP contribution in [-0.2, 0) is 0 Å². The van der Waals surface area contributed by atoms with Gasteiger partial charge in [-0.2, -0.15) is 0 Å². The summed E-state index contributed by atoms with van der Waals surface area (Å²) in [6, 6.07) is 0. The Morgan fingerprint density at radius 3 is 2.82 bits per heavy atom. The average molecular weight is 149 g/mol. The molecule has 0 N–H and O–H groups in total. The van der Waals surface area contributed by atoms with Crippen LogP contribution in [0.4, 0.5) is 0 Å². The van der Waals surface area contributed by atoms with Crippen LogP contribution >= 0.6 is 0 Å². The van der Waals surface area contributed by atoms with Crippen molar-refractivity contribution in [2.24, 2.45) is 0 Å². The number of pyridine rings is 1. The van der Waals surface area contributed by atoms with E-state index in [-0.39, 0.29) is 0 Å². The predicted molar refractivity (Wildman–Crippen MR) is 45.6 cm³/mol.